The number of ether oxygens (including phenoxy) is 1. The Morgan fingerprint density at radius 1 is 1.67 bits per heavy atom. The van der Waals surface area contributed by atoms with E-state index in [1.54, 1.807) is 13.0 Å². The molecule has 1 N–H and O–H groups in total. The minimum atomic E-state index is -1.03. The van der Waals surface area contributed by atoms with Crippen molar-refractivity contribution in [2.75, 3.05) is 0 Å². The molecule has 0 aliphatic heterocycles. The second-order valence-corrected chi connectivity index (χ2v) is 3.69. The Labute approximate surface area is 95.2 Å². The van der Waals surface area contributed by atoms with Crippen molar-refractivity contribution in [2.24, 2.45) is 0 Å². The highest BCUT2D eigenvalue weighted by Gasteiger charge is 2.10. The summed E-state index contributed by atoms with van der Waals surface area (Å²) in [4.78, 5) is 10.7. The average molecular weight is 270 g/mol. The summed E-state index contributed by atoms with van der Waals surface area (Å²) in [7, 11) is 0. The molecule has 0 saturated heterocycles. The minimum absolute atomic E-state index is 0.123. The predicted octanol–water partition coefficient (Wildman–Crippen LogP) is 2.44. The van der Waals surface area contributed by atoms with E-state index >= 15 is 0 Å². The lowest BCUT2D eigenvalue weighted by molar-refractivity contribution is 0.0696. The number of halogens is 1. The van der Waals surface area contributed by atoms with E-state index in [1.165, 1.54) is 12.1 Å². The number of carboxylic acid groups (broad SMARTS) is 1. The third-order valence-electron chi connectivity index (χ3n) is 1.66. The molecule has 0 spiro atoms. The van der Waals surface area contributed by atoms with Crippen LogP contribution < -0.4 is 4.74 Å². The highest BCUT2D eigenvalue weighted by Crippen LogP contribution is 2.26. The van der Waals surface area contributed by atoms with Gasteiger partial charge in [0.15, 0.2) is 6.10 Å². The third-order valence-corrected chi connectivity index (χ3v) is 2.32. The van der Waals surface area contributed by atoms with Gasteiger partial charge < -0.3 is 9.84 Å². The Hall–Kier alpha value is -1.54. The van der Waals surface area contributed by atoms with E-state index in [2.05, 4.69) is 15.9 Å². The summed E-state index contributed by atoms with van der Waals surface area (Å²) < 4.78 is 5.83. The van der Waals surface area contributed by atoms with Gasteiger partial charge in [-0.25, -0.2) is 4.79 Å². The molecule has 5 heteroatoms. The fourth-order valence-corrected chi connectivity index (χ4v) is 1.28. The van der Waals surface area contributed by atoms with Gasteiger partial charge in [0.05, 0.1) is 10.0 Å². The zero-order valence-corrected chi connectivity index (χ0v) is 9.48. The minimum Gasteiger partial charge on any atom is -0.478 e. The largest absolute Gasteiger partial charge is 0.478 e. The normalized spacial score (nSPS) is 11.5. The monoisotopic (exact) mass is 269 g/mol. The van der Waals surface area contributed by atoms with Gasteiger partial charge in [-0.1, -0.05) is 0 Å². The third kappa shape index (κ3) is 2.96. The van der Waals surface area contributed by atoms with E-state index < -0.39 is 12.1 Å². The van der Waals surface area contributed by atoms with Crippen LogP contribution >= 0.6 is 15.9 Å². The predicted molar refractivity (Wildman–Crippen MR) is 56.8 cm³/mol. The number of aromatic carboxylic acids is 1. The molecular weight excluding hydrogens is 262 g/mol. The molecule has 0 heterocycles. The van der Waals surface area contributed by atoms with Crippen molar-refractivity contribution in [1.29, 1.82) is 5.26 Å². The number of nitriles is 1. The van der Waals surface area contributed by atoms with Gasteiger partial charge in [-0.05, 0) is 41.1 Å². The standard InChI is InChI=1S/C10H8BrNO3/c1-6(5-12)15-9-4-7(10(13)14)2-3-8(9)11/h2-4,6H,1H3,(H,13,14). The van der Waals surface area contributed by atoms with Crippen LogP contribution in [0.3, 0.4) is 0 Å². The topological polar surface area (TPSA) is 70.3 Å². The van der Waals surface area contributed by atoms with Gasteiger partial charge >= 0.3 is 5.97 Å². The summed E-state index contributed by atoms with van der Waals surface area (Å²) >= 11 is 3.21. The Morgan fingerprint density at radius 3 is 2.87 bits per heavy atom. The molecule has 1 rings (SSSR count). The van der Waals surface area contributed by atoms with Crippen molar-refractivity contribution in [3.63, 3.8) is 0 Å². The molecule has 0 fully saturated rings. The molecule has 4 nitrogen and oxygen atoms in total. The molecule has 1 unspecified atom stereocenters. The van der Waals surface area contributed by atoms with Crippen molar-refractivity contribution < 1.29 is 14.6 Å². The molecule has 1 atom stereocenters. The quantitative estimate of drug-likeness (QED) is 0.915. The lowest BCUT2D eigenvalue weighted by Gasteiger charge is -2.09. The van der Waals surface area contributed by atoms with E-state index in [1.807, 2.05) is 6.07 Å². The van der Waals surface area contributed by atoms with Crippen LogP contribution in [0.4, 0.5) is 0 Å². The maximum absolute atomic E-state index is 10.7. The molecule has 0 radical (unpaired) electrons. The summed E-state index contributed by atoms with van der Waals surface area (Å²) in [5.74, 6) is -0.680. The fraction of sp³-hybridized carbons (Fsp3) is 0.200. The van der Waals surface area contributed by atoms with Crippen LogP contribution in [0.1, 0.15) is 17.3 Å². The highest BCUT2D eigenvalue weighted by atomic mass is 79.9. The molecule has 0 bridgehead atoms. The molecule has 1 aromatic rings. The first-order chi connectivity index (χ1) is 7.04. The number of carbonyl (C=O) groups is 1. The lowest BCUT2D eigenvalue weighted by Crippen LogP contribution is -2.09. The van der Waals surface area contributed by atoms with E-state index in [4.69, 9.17) is 15.1 Å². The molecule has 0 saturated carbocycles. The first kappa shape index (κ1) is 11.5. The van der Waals surface area contributed by atoms with Crippen LogP contribution in [0.5, 0.6) is 5.75 Å². The summed E-state index contributed by atoms with van der Waals surface area (Å²) in [5.41, 5.74) is 0.123. The van der Waals surface area contributed by atoms with Gasteiger partial charge in [0.2, 0.25) is 0 Å². The zero-order valence-electron chi connectivity index (χ0n) is 7.90. The second kappa shape index (κ2) is 4.80. The molecule has 0 aromatic heterocycles. The van der Waals surface area contributed by atoms with Crippen LogP contribution in [-0.2, 0) is 0 Å². The number of hydrogen-bond donors (Lipinski definition) is 1. The molecule has 0 aliphatic rings. The molecular formula is C10H8BrNO3. The molecule has 78 valence electrons. The van der Waals surface area contributed by atoms with E-state index in [9.17, 15) is 4.79 Å². The van der Waals surface area contributed by atoms with E-state index in [0.717, 1.165) is 0 Å². The zero-order chi connectivity index (χ0) is 11.4. The molecule has 1 aromatic carbocycles. The molecule has 15 heavy (non-hydrogen) atoms. The Balaban J connectivity index is 3.01. The van der Waals surface area contributed by atoms with E-state index in [-0.39, 0.29) is 5.56 Å². The number of benzene rings is 1. The first-order valence-electron chi connectivity index (χ1n) is 4.13. The summed E-state index contributed by atoms with van der Waals surface area (Å²) in [6.07, 6.45) is -0.620. The summed E-state index contributed by atoms with van der Waals surface area (Å²) in [6.45, 7) is 1.58. The number of carboxylic acids is 1. The summed E-state index contributed by atoms with van der Waals surface area (Å²) in [5, 5.41) is 17.3. The van der Waals surface area contributed by atoms with Crippen LogP contribution in [-0.4, -0.2) is 17.2 Å². The smallest absolute Gasteiger partial charge is 0.335 e. The van der Waals surface area contributed by atoms with Crippen LogP contribution in [0.25, 0.3) is 0 Å². The Bertz CT molecular complexity index is 425. The molecule has 0 amide bonds. The lowest BCUT2D eigenvalue weighted by atomic mass is 10.2. The van der Waals surface area contributed by atoms with Gasteiger partial charge in [-0.2, -0.15) is 5.26 Å². The van der Waals surface area contributed by atoms with Gasteiger partial charge in [0.1, 0.15) is 11.8 Å². The summed E-state index contributed by atoms with van der Waals surface area (Å²) in [6, 6.07) is 6.30. The average Bonchev–Trinajstić information content (AvgIpc) is 2.20. The van der Waals surface area contributed by atoms with E-state index in [0.29, 0.717) is 10.2 Å². The van der Waals surface area contributed by atoms with Crippen LogP contribution in [0.2, 0.25) is 0 Å². The van der Waals surface area contributed by atoms with Crippen molar-refractivity contribution in [2.45, 2.75) is 13.0 Å². The van der Waals surface area contributed by atoms with Crippen molar-refractivity contribution in [3.8, 4) is 11.8 Å². The van der Waals surface area contributed by atoms with Crippen molar-refractivity contribution in [1.82, 2.24) is 0 Å². The van der Waals surface area contributed by atoms with Gasteiger partial charge in [0, 0.05) is 0 Å². The Kier molecular flexibility index (Phi) is 3.69. The van der Waals surface area contributed by atoms with Crippen LogP contribution in [0.15, 0.2) is 22.7 Å². The van der Waals surface area contributed by atoms with Gasteiger partial charge in [-0.15, -0.1) is 0 Å². The van der Waals surface area contributed by atoms with Gasteiger partial charge in [-0.3, -0.25) is 0 Å². The number of nitrogens with zero attached hydrogens (tertiary/aromatic N) is 1. The second-order valence-electron chi connectivity index (χ2n) is 2.84. The highest BCUT2D eigenvalue weighted by molar-refractivity contribution is 9.10. The number of rotatable bonds is 3. The Morgan fingerprint density at radius 2 is 2.33 bits per heavy atom. The fourth-order valence-electron chi connectivity index (χ4n) is 0.944. The van der Waals surface area contributed by atoms with Crippen LogP contribution in [0, 0.1) is 11.3 Å². The van der Waals surface area contributed by atoms with Gasteiger partial charge in [0.25, 0.3) is 0 Å². The maximum Gasteiger partial charge on any atom is 0.335 e. The van der Waals surface area contributed by atoms with Crippen molar-refractivity contribution in [3.05, 3.63) is 28.2 Å². The first-order valence-corrected chi connectivity index (χ1v) is 4.93. The van der Waals surface area contributed by atoms with Crippen molar-refractivity contribution >= 4 is 21.9 Å². The number of hydrogen-bond acceptors (Lipinski definition) is 3. The molecule has 0 aliphatic carbocycles. The SMILES string of the molecule is CC(C#N)Oc1cc(C(=O)O)ccc1Br. The maximum atomic E-state index is 10.7.